The summed E-state index contributed by atoms with van der Waals surface area (Å²) in [6, 6.07) is 10.8. The molecule has 0 atom stereocenters. The van der Waals surface area contributed by atoms with E-state index in [-0.39, 0.29) is 30.0 Å². The number of nitrogens with two attached hydrogens (primary N) is 1. The van der Waals surface area contributed by atoms with Gasteiger partial charge in [0, 0.05) is 37.6 Å². The Labute approximate surface area is 227 Å². The average molecular weight is 549 g/mol. The molecule has 3 heterocycles. The second-order valence-electron chi connectivity index (χ2n) is 9.87. The number of pyridine rings is 1. The van der Waals surface area contributed by atoms with Gasteiger partial charge in [-0.3, -0.25) is 24.5 Å². The molecule has 40 heavy (non-hydrogen) atoms. The number of H-pyrrole nitrogens is 1. The summed E-state index contributed by atoms with van der Waals surface area (Å²) in [6.45, 7) is 3.35. The minimum atomic E-state index is -1.37. The van der Waals surface area contributed by atoms with Gasteiger partial charge < -0.3 is 15.2 Å². The number of carbonyl (C=O) groups excluding carboxylic acids is 2. The summed E-state index contributed by atoms with van der Waals surface area (Å²) in [7, 11) is 0. The number of aromatic nitrogens is 3. The van der Waals surface area contributed by atoms with Crippen LogP contribution in [0.4, 0.5) is 20.2 Å². The van der Waals surface area contributed by atoms with Crippen molar-refractivity contribution >= 4 is 34.2 Å². The maximum Gasteiger partial charge on any atom is 0.247 e. The summed E-state index contributed by atoms with van der Waals surface area (Å²) < 4.78 is 40.6. The number of aromatic amines is 1. The van der Waals surface area contributed by atoms with Gasteiger partial charge in [-0.05, 0) is 55.3 Å². The van der Waals surface area contributed by atoms with Crippen molar-refractivity contribution < 1.29 is 27.8 Å². The smallest absolute Gasteiger partial charge is 0.247 e. The van der Waals surface area contributed by atoms with Crippen molar-refractivity contribution in [3.8, 4) is 11.5 Å². The van der Waals surface area contributed by atoms with Crippen LogP contribution < -0.4 is 15.4 Å². The number of primary amides is 1. The van der Waals surface area contributed by atoms with Crippen molar-refractivity contribution in [3.05, 3.63) is 72.1 Å². The van der Waals surface area contributed by atoms with Crippen LogP contribution in [-0.4, -0.2) is 58.2 Å². The minimum Gasteiger partial charge on any atom is -0.453 e. The summed E-state index contributed by atoms with van der Waals surface area (Å²) in [5.41, 5.74) is 5.80. The third-order valence-electron chi connectivity index (χ3n) is 7.29. The number of halogens is 2. The van der Waals surface area contributed by atoms with Crippen LogP contribution in [-0.2, 0) is 20.9 Å². The molecule has 1 saturated carbocycles. The number of nitrogens with zero attached hydrogens (tertiary/aromatic N) is 4. The van der Waals surface area contributed by atoms with E-state index in [1.165, 1.54) is 47.5 Å². The highest BCUT2D eigenvalue weighted by Crippen LogP contribution is 2.49. The molecular formula is C28H26F2N6O4. The molecule has 0 spiro atoms. The molecule has 2 aliphatic rings. The van der Waals surface area contributed by atoms with Crippen molar-refractivity contribution in [2.45, 2.75) is 19.4 Å². The van der Waals surface area contributed by atoms with Crippen LogP contribution in [0.3, 0.4) is 0 Å². The predicted octanol–water partition coefficient (Wildman–Crippen LogP) is 3.79. The number of benzene rings is 2. The van der Waals surface area contributed by atoms with Gasteiger partial charge in [0.25, 0.3) is 0 Å². The molecule has 10 nitrogen and oxygen atoms in total. The minimum absolute atomic E-state index is 0.0858. The summed E-state index contributed by atoms with van der Waals surface area (Å²) >= 11 is 0. The highest BCUT2D eigenvalue weighted by molar-refractivity contribution is 6.16. The molecule has 1 saturated heterocycles. The van der Waals surface area contributed by atoms with Gasteiger partial charge in [-0.15, -0.1) is 0 Å². The van der Waals surface area contributed by atoms with Gasteiger partial charge in [-0.1, -0.05) is 0 Å². The number of carbonyl (C=O) groups is 2. The predicted molar refractivity (Wildman–Crippen MR) is 141 cm³/mol. The van der Waals surface area contributed by atoms with Crippen molar-refractivity contribution in [2.24, 2.45) is 11.1 Å². The Kier molecular flexibility index (Phi) is 6.64. The number of ether oxygens (including phenoxy) is 2. The zero-order chi connectivity index (χ0) is 27.9. The van der Waals surface area contributed by atoms with Crippen LogP contribution in [0.25, 0.3) is 11.0 Å². The van der Waals surface area contributed by atoms with Crippen LogP contribution in [0.5, 0.6) is 11.5 Å². The number of hydrogen-bond acceptors (Lipinski definition) is 7. The van der Waals surface area contributed by atoms with Gasteiger partial charge in [-0.2, -0.15) is 5.10 Å². The maximum atomic E-state index is 15.5. The third kappa shape index (κ3) is 4.75. The molecule has 6 rings (SSSR count). The van der Waals surface area contributed by atoms with Gasteiger partial charge in [0.15, 0.2) is 17.2 Å². The number of fused-ring (bicyclic) bond motifs is 1. The number of amides is 2. The molecule has 2 amide bonds. The first-order chi connectivity index (χ1) is 19.4. The van der Waals surface area contributed by atoms with Gasteiger partial charge in [0.1, 0.15) is 17.0 Å². The fourth-order valence-electron chi connectivity index (χ4n) is 4.86. The number of nitrogens with one attached hydrogen (secondary N) is 1. The Balaban J connectivity index is 1.32. The lowest BCUT2D eigenvalue weighted by atomic mass is 10.0. The second-order valence-corrected chi connectivity index (χ2v) is 9.87. The Bertz CT molecular complexity index is 1580. The largest absolute Gasteiger partial charge is 0.453 e. The molecule has 2 aromatic heterocycles. The molecule has 0 unspecified atom stereocenters. The van der Waals surface area contributed by atoms with E-state index in [0.29, 0.717) is 42.2 Å². The van der Waals surface area contributed by atoms with E-state index in [9.17, 15) is 14.0 Å². The monoisotopic (exact) mass is 548 g/mol. The van der Waals surface area contributed by atoms with Crippen LogP contribution in [0.15, 0.2) is 54.7 Å². The first kappa shape index (κ1) is 25.8. The number of hydrogen-bond donors (Lipinski definition) is 2. The van der Waals surface area contributed by atoms with E-state index in [4.69, 9.17) is 15.2 Å². The molecule has 0 bridgehead atoms. The van der Waals surface area contributed by atoms with E-state index in [0.717, 1.165) is 19.2 Å². The van der Waals surface area contributed by atoms with E-state index < -0.39 is 28.9 Å². The molecule has 206 valence electrons. The van der Waals surface area contributed by atoms with Crippen molar-refractivity contribution in [1.82, 2.24) is 20.1 Å². The molecular weight excluding hydrogens is 522 g/mol. The first-order valence-corrected chi connectivity index (χ1v) is 12.9. The summed E-state index contributed by atoms with van der Waals surface area (Å²) in [5.74, 6) is -2.31. The lowest BCUT2D eigenvalue weighted by Crippen LogP contribution is -2.41. The lowest BCUT2D eigenvalue weighted by Gasteiger charge is -2.27. The van der Waals surface area contributed by atoms with Crippen molar-refractivity contribution in [3.63, 3.8) is 0 Å². The van der Waals surface area contributed by atoms with E-state index in [2.05, 4.69) is 20.1 Å². The average Bonchev–Trinajstić information content (AvgIpc) is 3.68. The van der Waals surface area contributed by atoms with Gasteiger partial charge >= 0.3 is 0 Å². The maximum absolute atomic E-state index is 15.5. The molecule has 3 N–H and O–H groups in total. The van der Waals surface area contributed by atoms with Gasteiger partial charge in [-0.25, -0.2) is 13.8 Å². The molecule has 2 fully saturated rings. The highest BCUT2D eigenvalue weighted by atomic mass is 19.1. The molecule has 0 radical (unpaired) electrons. The molecule has 1 aliphatic heterocycles. The van der Waals surface area contributed by atoms with E-state index in [1.54, 1.807) is 6.07 Å². The first-order valence-electron chi connectivity index (χ1n) is 12.9. The van der Waals surface area contributed by atoms with Gasteiger partial charge in [0.05, 0.1) is 30.0 Å². The van der Waals surface area contributed by atoms with Crippen molar-refractivity contribution in [2.75, 3.05) is 31.2 Å². The number of rotatable bonds is 8. The Morgan fingerprint density at radius 3 is 2.45 bits per heavy atom. The summed E-state index contributed by atoms with van der Waals surface area (Å²) in [6.07, 6.45) is 2.12. The molecule has 4 aromatic rings. The summed E-state index contributed by atoms with van der Waals surface area (Å²) in [5, 5.41) is 7.94. The second kappa shape index (κ2) is 10.3. The van der Waals surface area contributed by atoms with Crippen LogP contribution in [0.1, 0.15) is 18.5 Å². The van der Waals surface area contributed by atoms with E-state index >= 15 is 4.39 Å². The van der Waals surface area contributed by atoms with Crippen LogP contribution in [0.2, 0.25) is 0 Å². The zero-order valence-electron chi connectivity index (χ0n) is 21.4. The summed E-state index contributed by atoms with van der Waals surface area (Å²) in [4.78, 5) is 33.3. The topological polar surface area (TPSA) is 127 Å². The van der Waals surface area contributed by atoms with Crippen LogP contribution in [0, 0.1) is 17.0 Å². The third-order valence-corrected chi connectivity index (χ3v) is 7.29. The highest BCUT2D eigenvalue weighted by Gasteiger charge is 2.57. The number of anilines is 2. The Morgan fingerprint density at radius 2 is 1.77 bits per heavy atom. The standard InChI is InChI=1S/C28H26F2N6O4/c29-17-1-3-18(4-2-17)36(27(38)28(8-9-28)26(31)37)19-5-6-22(20(30)15-19)40-23-7-10-32-25-24(23)21(33-34-25)16-35-11-13-39-14-12-35/h1-7,10,15H,8-9,11-14,16H2,(H2,31,37)(H,32,33,34). The lowest BCUT2D eigenvalue weighted by molar-refractivity contribution is -0.133. The number of morpholine rings is 1. The zero-order valence-corrected chi connectivity index (χ0v) is 21.4. The quantitative estimate of drug-likeness (QED) is 0.321. The van der Waals surface area contributed by atoms with Crippen molar-refractivity contribution in [1.29, 1.82) is 0 Å². The molecule has 2 aromatic carbocycles. The molecule has 12 heteroatoms. The van der Waals surface area contributed by atoms with E-state index in [1.807, 2.05) is 0 Å². The normalized spacial score (nSPS) is 16.6. The fourth-order valence-corrected chi connectivity index (χ4v) is 4.86. The SMILES string of the molecule is NC(=O)C1(C(=O)N(c2ccc(F)cc2)c2ccc(Oc3ccnc4[nH]nc(CN5CCOCC5)c34)c(F)c2)CC1. The Hall–Kier alpha value is -4.42. The van der Waals surface area contributed by atoms with Gasteiger partial charge in [0.2, 0.25) is 11.8 Å². The Morgan fingerprint density at radius 1 is 1.05 bits per heavy atom. The fraction of sp³-hybridized carbons (Fsp3) is 0.286. The molecule has 1 aliphatic carbocycles. The van der Waals surface area contributed by atoms with Crippen LogP contribution >= 0.6 is 0 Å².